The van der Waals surface area contributed by atoms with Crippen molar-refractivity contribution in [3.05, 3.63) is 54.6 Å². The molecule has 6 atom stereocenters. The first kappa shape index (κ1) is 30.0. The first-order chi connectivity index (χ1) is 19.1. The highest BCUT2D eigenvalue weighted by Crippen LogP contribution is 2.59. The van der Waals surface area contributed by atoms with Gasteiger partial charge in [0, 0.05) is 12.2 Å². The zero-order valence-electron chi connectivity index (χ0n) is 24.3. The summed E-state index contributed by atoms with van der Waals surface area (Å²) in [6.45, 7) is 15.6. The van der Waals surface area contributed by atoms with Gasteiger partial charge >= 0.3 is 5.97 Å². The van der Waals surface area contributed by atoms with E-state index in [-0.39, 0.29) is 37.5 Å². The number of hydrogen-bond acceptors (Lipinski definition) is 6. The molecule has 1 spiro atoms. The number of aliphatic hydroxyl groups excluding tert-OH is 1. The number of aliphatic hydroxyl groups is 1. The van der Waals surface area contributed by atoms with E-state index >= 15 is 0 Å². The van der Waals surface area contributed by atoms with Crippen LogP contribution < -0.4 is 4.90 Å². The van der Waals surface area contributed by atoms with Crippen LogP contribution in [0.15, 0.2) is 43.5 Å². The summed E-state index contributed by atoms with van der Waals surface area (Å²) >= 11 is 0. The number of likely N-dealkylation sites (tertiary alicyclic amines) is 1. The van der Waals surface area contributed by atoms with Gasteiger partial charge in [0.15, 0.2) is 0 Å². The molecule has 4 rings (SSSR count). The number of nitrogens with zero attached hydrogens (tertiary/aromatic N) is 2. The van der Waals surface area contributed by atoms with Gasteiger partial charge in [-0.1, -0.05) is 38.1 Å². The molecule has 3 saturated heterocycles. The molecule has 0 aliphatic carbocycles. The third kappa shape index (κ3) is 5.12. The van der Waals surface area contributed by atoms with Crippen molar-refractivity contribution in [2.75, 3.05) is 24.7 Å². The Morgan fingerprint density at radius 3 is 2.65 bits per heavy atom. The molecule has 3 aliphatic heterocycles. The van der Waals surface area contributed by atoms with Crippen molar-refractivity contribution in [3.8, 4) is 0 Å². The number of fused-ring (bicyclic) bond motifs is 1. The number of esters is 1. The molecule has 218 valence electrons. The quantitative estimate of drug-likeness (QED) is 0.225. The van der Waals surface area contributed by atoms with Gasteiger partial charge in [-0.15, -0.1) is 13.2 Å². The summed E-state index contributed by atoms with van der Waals surface area (Å²) < 4.78 is 12.2. The molecule has 2 bridgehead atoms. The van der Waals surface area contributed by atoms with Crippen LogP contribution in [0.4, 0.5) is 5.69 Å². The Morgan fingerprint density at radius 1 is 1.25 bits per heavy atom. The molecule has 2 amide bonds. The van der Waals surface area contributed by atoms with Crippen molar-refractivity contribution in [3.63, 3.8) is 0 Å². The predicted octanol–water partition coefficient (Wildman–Crippen LogP) is 4.11. The summed E-state index contributed by atoms with van der Waals surface area (Å²) in [7, 11) is 0. The Balaban J connectivity index is 1.74. The molecule has 0 aromatic heterocycles. The lowest BCUT2D eigenvalue weighted by Gasteiger charge is -2.40. The normalized spacial score (nSPS) is 27.6. The first-order valence-corrected chi connectivity index (χ1v) is 14.5. The van der Waals surface area contributed by atoms with Gasteiger partial charge in [-0.3, -0.25) is 14.4 Å². The van der Waals surface area contributed by atoms with E-state index in [1.54, 1.807) is 11.0 Å². The second-order valence-corrected chi connectivity index (χ2v) is 11.8. The van der Waals surface area contributed by atoms with Crippen molar-refractivity contribution in [1.29, 1.82) is 0 Å². The fourth-order valence-electron chi connectivity index (χ4n) is 6.87. The van der Waals surface area contributed by atoms with Gasteiger partial charge in [-0.25, -0.2) is 0 Å². The average molecular weight is 553 g/mol. The maximum absolute atomic E-state index is 14.7. The van der Waals surface area contributed by atoms with Gasteiger partial charge in [-0.05, 0) is 69.1 Å². The van der Waals surface area contributed by atoms with E-state index in [4.69, 9.17) is 9.47 Å². The number of anilines is 1. The molecule has 8 heteroatoms. The smallest absolute Gasteiger partial charge is 0.312 e. The van der Waals surface area contributed by atoms with Crippen LogP contribution in [0.25, 0.3) is 0 Å². The molecule has 3 heterocycles. The van der Waals surface area contributed by atoms with Crippen LogP contribution >= 0.6 is 0 Å². The van der Waals surface area contributed by atoms with E-state index in [2.05, 4.69) is 13.2 Å². The Hall–Kier alpha value is -2.97. The molecule has 8 nitrogen and oxygen atoms in total. The van der Waals surface area contributed by atoms with E-state index in [1.165, 1.54) is 4.90 Å². The third-order valence-electron chi connectivity index (χ3n) is 8.84. The lowest BCUT2D eigenvalue weighted by atomic mass is 9.70. The van der Waals surface area contributed by atoms with Crippen LogP contribution in [-0.4, -0.2) is 71.3 Å². The van der Waals surface area contributed by atoms with Crippen molar-refractivity contribution < 1.29 is 29.0 Å². The molecule has 0 radical (unpaired) electrons. The molecule has 3 fully saturated rings. The number of hydrogen-bond donors (Lipinski definition) is 1. The lowest BCUT2D eigenvalue weighted by molar-refractivity contribution is -0.156. The minimum absolute atomic E-state index is 0.125. The van der Waals surface area contributed by atoms with E-state index in [1.807, 2.05) is 52.0 Å². The molecule has 1 N–H and O–H groups in total. The number of benzene rings is 1. The predicted molar refractivity (Wildman–Crippen MR) is 154 cm³/mol. The largest absolute Gasteiger partial charge is 0.465 e. The fourth-order valence-corrected chi connectivity index (χ4v) is 6.87. The van der Waals surface area contributed by atoms with E-state index in [0.717, 1.165) is 29.7 Å². The second-order valence-electron chi connectivity index (χ2n) is 11.8. The average Bonchev–Trinajstić information content (AvgIpc) is 3.56. The fraction of sp³-hybridized carbons (Fsp3) is 0.594. The van der Waals surface area contributed by atoms with Gasteiger partial charge in [0.2, 0.25) is 5.91 Å². The Labute approximate surface area is 238 Å². The maximum atomic E-state index is 14.7. The zero-order valence-corrected chi connectivity index (χ0v) is 24.3. The number of carbonyl (C=O) groups is 3. The van der Waals surface area contributed by atoms with Crippen molar-refractivity contribution in [2.24, 2.45) is 17.8 Å². The SMILES string of the molecule is C=CCCCCOC(=O)[C@@H]1[C@H]2C(=O)N([C@@H](CO)C(C)C)C(C(=O)N(CC=C)c3cc(C)ccc3C)C23CC[C@H]1O3. The topological polar surface area (TPSA) is 96.4 Å². The lowest BCUT2D eigenvalue weighted by Crippen LogP contribution is -2.60. The monoisotopic (exact) mass is 552 g/mol. The van der Waals surface area contributed by atoms with Crippen LogP contribution in [0.3, 0.4) is 0 Å². The molecular formula is C32H44N2O6. The first-order valence-electron chi connectivity index (χ1n) is 14.5. The summed E-state index contributed by atoms with van der Waals surface area (Å²) in [4.78, 5) is 45.5. The Kier molecular flexibility index (Phi) is 9.20. The van der Waals surface area contributed by atoms with Crippen LogP contribution in [-0.2, 0) is 23.9 Å². The summed E-state index contributed by atoms with van der Waals surface area (Å²) in [5, 5.41) is 10.4. The highest BCUT2D eigenvalue weighted by Gasteiger charge is 2.75. The number of rotatable bonds is 13. The van der Waals surface area contributed by atoms with E-state index in [0.29, 0.717) is 19.3 Å². The van der Waals surface area contributed by atoms with Crippen molar-refractivity contribution in [1.82, 2.24) is 4.90 Å². The molecule has 1 aromatic rings. The van der Waals surface area contributed by atoms with E-state index < -0.39 is 41.6 Å². The van der Waals surface area contributed by atoms with Gasteiger partial charge in [0.05, 0.1) is 37.2 Å². The number of amides is 2. The summed E-state index contributed by atoms with van der Waals surface area (Å²) in [6, 6.07) is 4.32. The van der Waals surface area contributed by atoms with Gasteiger partial charge < -0.3 is 24.4 Å². The number of ether oxygens (including phenoxy) is 2. The van der Waals surface area contributed by atoms with Crippen LogP contribution in [0, 0.1) is 31.6 Å². The van der Waals surface area contributed by atoms with Crippen molar-refractivity contribution >= 4 is 23.5 Å². The van der Waals surface area contributed by atoms with Crippen LogP contribution in [0.5, 0.6) is 0 Å². The zero-order chi connectivity index (χ0) is 29.2. The molecule has 1 aromatic carbocycles. The minimum atomic E-state index is -1.16. The van der Waals surface area contributed by atoms with Crippen LogP contribution in [0.1, 0.15) is 57.1 Å². The third-order valence-corrected chi connectivity index (χ3v) is 8.84. The number of carbonyl (C=O) groups excluding carboxylic acids is 3. The molecular weight excluding hydrogens is 508 g/mol. The minimum Gasteiger partial charge on any atom is -0.465 e. The van der Waals surface area contributed by atoms with Gasteiger partial charge in [0.1, 0.15) is 11.6 Å². The number of allylic oxidation sites excluding steroid dienone is 1. The van der Waals surface area contributed by atoms with Gasteiger partial charge in [0.25, 0.3) is 5.91 Å². The van der Waals surface area contributed by atoms with Crippen molar-refractivity contribution in [2.45, 2.75) is 83.6 Å². The number of unbranched alkanes of at least 4 members (excludes halogenated alkanes) is 2. The maximum Gasteiger partial charge on any atom is 0.312 e. The van der Waals surface area contributed by atoms with Crippen LogP contribution in [0.2, 0.25) is 0 Å². The molecule has 3 aliphatic rings. The number of aryl methyl sites for hydroxylation is 2. The molecule has 0 saturated carbocycles. The summed E-state index contributed by atoms with van der Waals surface area (Å²) in [5.41, 5.74) is 1.50. The summed E-state index contributed by atoms with van der Waals surface area (Å²) in [5.74, 6) is -2.79. The highest BCUT2D eigenvalue weighted by atomic mass is 16.6. The Bertz CT molecular complexity index is 1150. The summed E-state index contributed by atoms with van der Waals surface area (Å²) in [6.07, 6.45) is 6.48. The standard InChI is InChI=1S/C32H44N2O6/c1-7-9-10-11-17-39-31(38)26-25-14-15-32(40-25)27(26)29(36)34(24(19-35)20(3)4)28(32)30(37)33(16-8-2)23-18-21(5)12-13-22(23)6/h7-8,12-13,18,20,24-28,35H,1-2,9-11,14-17,19H2,3-6H3/t24-,25+,26-,27-,28?,32?/m0/s1. The van der Waals surface area contributed by atoms with Gasteiger partial charge in [-0.2, -0.15) is 0 Å². The molecule has 2 unspecified atom stereocenters. The van der Waals surface area contributed by atoms with E-state index in [9.17, 15) is 19.5 Å². The second kappa shape index (κ2) is 12.3. The highest BCUT2D eigenvalue weighted by molar-refractivity contribution is 6.05. The molecule has 40 heavy (non-hydrogen) atoms. The Morgan fingerprint density at radius 2 is 2.00 bits per heavy atom.